The molecule has 0 amide bonds. The van der Waals surface area contributed by atoms with Crippen molar-refractivity contribution in [2.45, 2.75) is 39.7 Å². The van der Waals surface area contributed by atoms with Gasteiger partial charge in [-0.1, -0.05) is 27.7 Å². The van der Waals surface area contributed by atoms with E-state index in [1.807, 2.05) is 0 Å². The predicted molar refractivity (Wildman–Crippen MR) is 58.7 cm³/mol. The summed E-state index contributed by atoms with van der Waals surface area (Å²) in [6.07, 6.45) is 0.134. The fraction of sp³-hybridized carbons (Fsp3) is 0.538. The molecule has 1 aromatic rings. The van der Waals surface area contributed by atoms with Crippen LogP contribution in [0.15, 0.2) is 18.2 Å². The van der Waals surface area contributed by atoms with Crippen molar-refractivity contribution in [1.29, 1.82) is 0 Å². The third-order valence-electron chi connectivity index (χ3n) is 3.02. The fourth-order valence-electron chi connectivity index (χ4n) is 2.31. The van der Waals surface area contributed by atoms with Crippen LogP contribution in [0.25, 0.3) is 0 Å². The van der Waals surface area contributed by atoms with E-state index in [2.05, 4.69) is 27.7 Å². The van der Waals surface area contributed by atoms with Gasteiger partial charge < -0.3 is 4.74 Å². The van der Waals surface area contributed by atoms with E-state index in [-0.39, 0.29) is 23.3 Å². The van der Waals surface area contributed by atoms with Crippen LogP contribution in [0.2, 0.25) is 0 Å². The number of hydrogen-bond donors (Lipinski definition) is 0. The smallest absolute Gasteiger partial charge is 0.123 e. The first-order valence-corrected chi connectivity index (χ1v) is 5.35. The molecular weight excluding hydrogens is 191 g/mol. The molecule has 1 nitrogen and oxygen atoms in total. The molecule has 1 aliphatic heterocycles. The lowest BCUT2D eigenvalue weighted by Gasteiger charge is -2.29. The Hall–Kier alpha value is -1.05. The summed E-state index contributed by atoms with van der Waals surface area (Å²) < 4.78 is 19.0. The second kappa shape index (κ2) is 3.22. The fourth-order valence-corrected chi connectivity index (χ4v) is 2.31. The maximum Gasteiger partial charge on any atom is 0.123 e. The molecule has 2 rings (SSSR count). The third kappa shape index (κ3) is 1.73. The van der Waals surface area contributed by atoms with Gasteiger partial charge in [0.15, 0.2) is 0 Å². The molecule has 0 aliphatic carbocycles. The molecule has 0 saturated carbocycles. The Bertz CT molecular complexity index is 379. The van der Waals surface area contributed by atoms with Gasteiger partial charge in [0, 0.05) is 11.5 Å². The van der Waals surface area contributed by atoms with Crippen molar-refractivity contribution in [3.63, 3.8) is 0 Å². The quantitative estimate of drug-likeness (QED) is 0.631. The van der Waals surface area contributed by atoms with Gasteiger partial charge in [-0.3, -0.25) is 0 Å². The van der Waals surface area contributed by atoms with E-state index < -0.39 is 0 Å². The molecule has 82 valence electrons. The van der Waals surface area contributed by atoms with Gasteiger partial charge >= 0.3 is 0 Å². The summed E-state index contributed by atoms with van der Waals surface area (Å²) in [5, 5.41) is 0. The molecule has 0 radical (unpaired) electrons. The van der Waals surface area contributed by atoms with E-state index in [4.69, 9.17) is 4.74 Å². The van der Waals surface area contributed by atoms with Crippen molar-refractivity contribution in [2.24, 2.45) is 5.41 Å². The van der Waals surface area contributed by atoms with Crippen molar-refractivity contribution in [2.75, 3.05) is 0 Å². The van der Waals surface area contributed by atoms with Gasteiger partial charge in [0.2, 0.25) is 0 Å². The minimum atomic E-state index is -0.182. The minimum Gasteiger partial charge on any atom is -0.489 e. The van der Waals surface area contributed by atoms with E-state index in [1.165, 1.54) is 6.07 Å². The number of rotatable bonds is 0. The number of halogens is 1. The molecule has 0 N–H and O–H groups in total. The Morgan fingerprint density at radius 3 is 2.53 bits per heavy atom. The standard InChI is InChI=1S/C13H17FO/c1-8-10-7-9(14)5-6-11(10)15-12(8)13(2,3)4/h5-8,12H,1-4H3. The van der Waals surface area contributed by atoms with Crippen LogP contribution in [0, 0.1) is 11.2 Å². The lowest BCUT2D eigenvalue weighted by Crippen LogP contribution is -2.32. The zero-order valence-corrected chi connectivity index (χ0v) is 9.67. The first-order valence-electron chi connectivity index (χ1n) is 5.35. The second-order valence-corrected chi connectivity index (χ2v) is 5.38. The molecule has 2 heteroatoms. The highest BCUT2D eigenvalue weighted by molar-refractivity contribution is 5.41. The van der Waals surface area contributed by atoms with Crippen LogP contribution < -0.4 is 4.74 Å². The third-order valence-corrected chi connectivity index (χ3v) is 3.02. The van der Waals surface area contributed by atoms with Crippen molar-refractivity contribution >= 4 is 0 Å². The van der Waals surface area contributed by atoms with Crippen LogP contribution in [0.3, 0.4) is 0 Å². The summed E-state index contributed by atoms with van der Waals surface area (Å²) in [4.78, 5) is 0. The van der Waals surface area contributed by atoms with Crippen LogP contribution in [-0.2, 0) is 0 Å². The molecule has 1 aromatic carbocycles. The van der Waals surface area contributed by atoms with Gasteiger partial charge in [-0.15, -0.1) is 0 Å². The molecule has 15 heavy (non-hydrogen) atoms. The number of ether oxygens (including phenoxy) is 1. The maximum absolute atomic E-state index is 13.1. The highest BCUT2D eigenvalue weighted by atomic mass is 19.1. The SMILES string of the molecule is CC1c2cc(F)ccc2OC1C(C)(C)C. The zero-order valence-electron chi connectivity index (χ0n) is 9.67. The Balaban J connectivity index is 2.38. The average molecular weight is 208 g/mol. The van der Waals surface area contributed by atoms with Gasteiger partial charge in [-0.2, -0.15) is 0 Å². The summed E-state index contributed by atoms with van der Waals surface area (Å²) in [6, 6.07) is 4.77. The van der Waals surface area contributed by atoms with Crippen molar-refractivity contribution in [1.82, 2.24) is 0 Å². The average Bonchev–Trinajstić information content (AvgIpc) is 2.43. The first kappa shape index (κ1) is 10.5. The van der Waals surface area contributed by atoms with Gasteiger partial charge in [0.25, 0.3) is 0 Å². The Morgan fingerprint density at radius 2 is 1.93 bits per heavy atom. The molecule has 0 bridgehead atoms. The lowest BCUT2D eigenvalue weighted by molar-refractivity contribution is 0.0910. The maximum atomic E-state index is 13.1. The van der Waals surface area contributed by atoms with Gasteiger partial charge in [-0.25, -0.2) is 4.39 Å². The topological polar surface area (TPSA) is 9.23 Å². The molecule has 0 fully saturated rings. The van der Waals surface area contributed by atoms with E-state index in [1.54, 1.807) is 12.1 Å². The minimum absolute atomic E-state index is 0.0783. The van der Waals surface area contributed by atoms with Crippen LogP contribution in [0.5, 0.6) is 5.75 Å². The molecular formula is C13H17FO. The van der Waals surface area contributed by atoms with Crippen LogP contribution in [-0.4, -0.2) is 6.10 Å². The summed E-state index contributed by atoms with van der Waals surface area (Å²) in [6.45, 7) is 8.55. The second-order valence-electron chi connectivity index (χ2n) is 5.38. The summed E-state index contributed by atoms with van der Waals surface area (Å²) >= 11 is 0. The first-order chi connectivity index (χ1) is 6.89. The Kier molecular flexibility index (Phi) is 2.25. The summed E-state index contributed by atoms with van der Waals surface area (Å²) in [5.41, 5.74) is 1.07. The van der Waals surface area contributed by atoms with Crippen LogP contribution >= 0.6 is 0 Å². The molecule has 2 atom stereocenters. The largest absolute Gasteiger partial charge is 0.489 e. The lowest BCUT2D eigenvalue weighted by atomic mass is 9.81. The highest BCUT2D eigenvalue weighted by Crippen LogP contribution is 2.44. The zero-order chi connectivity index (χ0) is 11.2. The normalized spacial score (nSPS) is 24.9. The molecule has 1 heterocycles. The van der Waals surface area contributed by atoms with Gasteiger partial charge in [0.05, 0.1) is 0 Å². The van der Waals surface area contributed by atoms with Gasteiger partial charge in [-0.05, 0) is 23.6 Å². The number of benzene rings is 1. The number of hydrogen-bond acceptors (Lipinski definition) is 1. The number of fused-ring (bicyclic) bond motifs is 1. The summed E-state index contributed by atoms with van der Waals surface area (Å²) in [5.74, 6) is 0.915. The van der Waals surface area contributed by atoms with E-state index in [9.17, 15) is 4.39 Å². The van der Waals surface area contributed by atoms with E-state index >= 15 is 0 Å². The van der Waals surface area contributed by atoms with Crippen LogP contribution in [0.1, 0.15) is 39.2 Å². The predicted octanol–water partition coefficient (Wildman–Crippen LogP) is 3.74. The van der Waals surface area contributed by atoms with Crippen molar-refractivity contribution < 1.29 is 9.13 Å². The Labute approximate surface area is 90.3 Å². The molecule has 2 unspecified atom stereocenters. The van der Waals surface area contributed by atoms with Crippen molar-refractivity contribution in [3.8, 4) is 5.75 Å². The Morgan fingerprint density at radius 1 is 1.27 bits per heavy atom. The van der Waals surface area contributed by atoms with Crippen molar-refractivity contribution in [3.05, 3.63) is 29.6 Å². The molecule has 1 aliphatic rings. The molecule has 0 aromatic heterocycles. The monoisotopic (exact) mass is 208 g/mol. The van der Waals surface area contributed by atoms with E-state index in [0.717, 1.165) is 11.3 Å². The van der Waals surface area contributed by atoms with Crippen LogP contribution in [0.4, 0.5) is 4.39 Å². The molecule has 0 spiro atoms. The van der Waals surface area contributed by atoms with Gasteiger partial charge in [0.1, 0.15) is 17.7 Å². The van der Waals surface area contributed by atoms with E-state index in [0.29, 0.717) is 0 Å². The molecule has 0 saturated heterocycles. The highest BCUT2D eigenvalue weighted by Gasteiger charge is 2.39. The summed E-state index contributed by atoms with van der Waals surface area (Å²) in [7, 11) is 0.